The lowest BCUT2D eigenvalue weighted by molar-refractivity contribution is -0.394. The summed E-state index contributed by atoms with van der Waals surface area (Å²) in [7, 11) is 0. The molecule has 0 heterocycles. The van der Waals surface area contributed by atoms with E-state index in [2.05, 4.69) is 0 Å². The van der Waals surface area contributed by atoms with Crippen LogP contribution in [0.4, 0.5) is 11.4 Å². The number of rotatable bonds is 7. The largest absolute Gasteiger partial charge is 0.300 e. The van der Waals surface area contributed by atoms with Crippen LogP contribution in [0, 0.1) is 20.2 Å². The second-order valence-electron chi connectivity index (χ2n) is 4.12. The average molecular weight is 266 g/mol. The molecule has 1 rings (SSSR count). The van der Waals surface area contributed by atoms with Gasteiger partial charge in [0.05, 0.1) is 15.9 Å². The Morgan fingerprint density at radius 3 is 2.37 bits per heavy atom. The first kappa shape index (κ1) is 14.7. The molecule has 1 aromatic rings. The molecule has 7 heteroatoms. The number of carbonyl (C=O) groups is 1. The van der Waals surface area contributed by atoms with Crippen molar-refractivity contribution in [2.45, 2.75) is 32.6 Å². The van der Waals surface area contributed by atoms with Crippen LogP contribution in [-0.2, 0) is 11.2 Å². The molecule has 0 saturated carbocycles. The molecular formula is C12H14N2O5. The summed E-state index contributed by atoms with van der Waals surface area (Å²) in [5, 5.41) is 21.4. The van der Waals surface area contributed by atoms with Crippen LogP contribution in [0.15, 0.2) is 18.2 Å². The first-order chi connectivity index (χ1) is 8.95. The highest BCUT2D eigenvalue weighted by Crippen LogP contribution is 2.25. The maximum atomic E-state index is 11.4. The van der Waals surface area contributed by atoms with Gasteiger partial charge in [-0.25, -0.2) is 0 Å². The molecule has 7 nitrogen and oxygen atoms in total. The molecule has 1 aromatic carbocycles. The van der Waals surface area contributed by atoms with Crippen LogP contribution in [0.3, 0.4) is 0 Å². The molecule has 19 heavy (non-hydrogen) atoms. The highest BCUT2D eigenvalue weighted by molar-refractivity contribution is 5.78. The van der Waals surface area contributed by atoms with E-state index in [0.29, 0.717) is 12.0 Å². The first-order valence-electron chi connectivity index (χ1n) is 5.89. The topological polar surface area (TPSA) is 103 Å². The van der Waals surface area contributed by atoms with Gasteiger partial charge in [0, 0.05) is 24.5 Å². The Labute approximate surface area is 109 Å². The Kier molecular flexibility index (Phi) is 5.11. The van der Waals surface area contributed by atoms with Gasteiger partial charge >= 0.3 is 0 Å². The number of carbonyl (C=O) groups excluding carboxylic acids is 1. The van der Waals surface area contributed by atoms with Crippen molar-refractivity contribution >= 4 is 17.2 Å². The summed E-state index contributed by atoms with van der Waals surface area (Å²) in [6.07, 6.45) is 1.63. The molecular weight excluding hydrogens is 252 g/mol. The zero-order valence-corrected chi connectivity index (χ0v) is 10.5. The van der Waals surface area contributed by atoms with Gasteiger partial charge in [-0.05, 0) is 18.9 Å². The van der Waals surface area contributed by atoms with Gasteiger partial charge in [-0.1, -0.05) is 6.92 Å². The quantitative estimate of drug-likeness (QED) is 0.557. The monoisotopic (exact) mass is 266 g/mol. The Hall–Kier alpha value is -2.31. The predicted octanol–water partition coefficient (Wildman–Crippen LogP) is 2.80. The molecule has 0 aliphatic carbocycles. The second-order valence-corrected chi connectivity index (χ2v) is 4.12. The van der Waals surface area contributed by atoms with E-state index in [-0.39, 0.29) is 30.0 Å². The van der Waals surface area contributed by atoms with Gasteiger partial charge in [0.25, 0.3) is 11.4 Å². The van der Waals surface area contributed by atoms with Crippen LogP contribution in [-0.4, -0.2) is 15.6 Å². The zero-order valence-electron chi connectivity index (χ0n) is 10.5. The van der Waals surface area contributed by atoms with Gasteiger partial charge in [0.1, 0.15) is 5.78 Å². The summed E-state index contributed by atoms with van der Waals surface area (Å²) >= 11 is 0. The fourth-order valence-corrected chi connectivity index (χ4v) is 1.73. The summed E-state index contributed by atoms with van der Waals surface area (Å²) in [5.41, 5.74) is -0.283. The Bertz CT molecular complexity index is 513. The van der Waals surface area contributed by atoms with Crippen molar-refractivity contribution in [1.82, 2.24) is 0 Å². The summed E-state index contributed by atoms with van der Waals surface area (Å²) < 4.78 is 0. The molecule has 0 radical (unpaired) electrons. The van der Waals surface area contributed by atoms with Crippen molar-refractivity contribution in [2.75, 3.05) is 0 Å². The number of nitro groups is 2. The second kappa shape index (κ2) is 6.58. The van der Waals surface area contributed by atoms with Crippen molar-refractivity contribution in [3.8, 4) is 0 Å². The average Bonchev–Trinajstić information content (AvgIpc) is 2.36. The molecule has 0 aromatic heterocycles. The Morgan fingerprint density at radius 1 is 1.16 bits per heavy atom. The normalized spacial score (nSPS) is 10.2. The van der Waals surface area contributed by atoms with Crippen LogP contribution in [0.5, 0.6) is 0 Å². The van der Waals surface area contributed by atoms with E-state index in [1.165, 1.54) is 12.1 Å². The van der Waals surface area contributed by atoms with E-state index in [1.807, 2.05) is 6.92 Å². The maximum Gasteiger partial charge on any atom is 0.279 e. The lowest BCUT2D eigenvalue weighted by atomic mass is 10.0. The summed E-state index contributed by atoms with van der Waals surface area (Å²) in [5.74, 6) is 0.0372. The van der Waals surface area contributed by atoms with E-state index >= 15 is 0 Å². The zero-order chi connectivity index (χ0) is 14.4. The number of non-ortho nitro benzene ring substituents is 1. The van der Waals surface area contributed by atoms with Crippen LogP contribution in [0.2, 0.25) is 0 Å². The van der Waals surface area contributed by atoms with E-state index < -0.39 is 9.85 Å². The van der Waals surface area contributed by atoms with Crippen LogP contribution < -0.4 is 0 Å². The van der Waals surface area contributed by atoms with Crippen LogP contribution >= 0.6 is 0 Å². The van der Waals surface area contributed by atoms with Crippen molar-refractivity contribution in [3.05, 3.63) is 44.0 Å². The number of nitro benzene ring substituents is 2. The molecule has 0 amide bonds. The number of aryl methyl sites for hydroxylation is 1. The van der Waals surface area contributed by atoms with Crippen molar-refractivity contribution < 1.29 is 14.6 Å². The fourth-order valence-electron chi connectivity index (χ4n) is 1.73. The number of Topliss-reactive ketones (excluding diaryl/α,β-unsaturated/α-hetero) is 1. The van der Waals surface area contributed by atoms with Gasteiger partial charge in [-0.15, -0.1) is 0 Å². The number of hydrogen-bond donors (Lipinski definition) is 0. The third kappa shape index (κ3) is 4.13. The summed E-state index contributed by atoms with van der Waals surface area (Å²) in [6, 6.07) is 3.49. The molecule has 0 bridgehead atoms. The van der Waals surface area contributed by atoms with Crippen molar-refractivity contribution in [3.63, 3.8) is 0 Å². The van der Waals surface area contributed by atoms with Gasteiger partial charge in [-0.3, -0.25) is 25.0 Å². The SMILES string of the molecule is CCCC(=O)CCc1ccc([N+](=O)[O-])cc1[N+](=O)[O-]. The molecule has 0 fully saturated rings. The van der Waals surface area contributed by atoms with Crippen molar-refractivity contribution in [1.29, 1.82) is 0 Å². The smallest absolute Gasteiger partial charge is 0.279 e. The number of ketones is 1. The van der Waals surface area contributed by atoms with Crippen molar-refractivity contribution in [2.24, 2.45) is 0 Å². The van der Waals surface area contributed by atoms with Gasteiger partial charge in [0.15, 0.2) is 0 Å². The van der Waals surface area contributed by atoms with E-state index in [0.717, 1.165) is 12.5 Å². The number of benzene rings is 1. The van der Waals surface area contributed by atoms with E-state index in [9.17, 15) is 25.0 Å². The first-order valence-corrected chi connectivity index (χ1v) is 5.89. The van der Waals surface area contributed by atoms with E-state index in [1.54, 1.807) is 0 Å². The summed E-state index contributed by atoms with van der Waals surface area (Å²) in [4.78, 5) is 31.5. The highest BCUT2D eigenvalue weighted by Gasteiger charge is 2.19. The minimum atomic E-state index is -0.682. The molecule has 0 N–H and O–H groups in total. The highest BCUT2D eigenvalue weighted by atomic mass is 16.6. The fraction of sp³-hybridized carbons (Fsp3) is 0.417. The van der Waals surface area contributed by atoms with Gasteiger partial charge in [0.2, 0.25) is 0 Å². The Morgan fingerprint density at radius 2 is 1.84 bits per heavy atom. The molecule has 0 unspecified atom stereocenters. The third-order valence-corrected chi connectivity index (χ3v) is 2.68. The molecule has 0 aliphatic rings. The molecule has 102 valence electrons. The lowest BCUT2D eigenvalue weighted by Crippen LogP contribution is -2.02. The minimum absolute atomic E-state index is 0.0372. The maximum absolute atomic E-state index is 11.4. The number of hydrogen-bond acceptors (Lipinski definition) is 5. The predicted molar refractivity (Wildman–Crippen MR) is 68.0 cm³/mol. The number of nitrogens with zero attached hydrogens (tertiary/aromatic N) is 2. The molecule has 0 aliphatic heterocycles. The minimum Gasteiger partial charge on any atom is -0.300 e. The third-order valence-electron chi connectivity index (χ3n) is 2.68. The summed E-state index contributed by atoms with van der Waals surface area (Å²) in [6.45, 7) is 1.88. The van der Waals surface area contributed by atoms with E-state index in [4.69, 9.17) is 0 Å². The Balaban J connectivity index is 2.91. The van der Waals surface area contributed by atoms with Gasteiger partial charge < -0.3 is 0 Å². The lowest BCUT2D eigenvalue weighted by Gasteiger charge is -2.02. The van der Waals surface area contributed by atoms with Gasteiger partial charge in [-0.2, -0.15) is 0 Å². The van der Waals surface area contributed by atoms with Crippen LogP contribution in [0.25, 0.3) is 0 Å². The molecule has 0 saturated heterocycles. The molecule has 0 spiro atoms. The standard InChI is InChI=1S/C12H14N2O5/c1-2-3-11(15)7-5-9-4-6-10(13(16)17)8-12(9)14(18)19/h4,6,8H,2-3,5,7H2,1H3. The van der Waals surface area contributed by atoms with Crippen LogP contribution in [0.1, 0.15) is 31.7 Å². The molecule has 0 atom stereocenters.